The zero-order valence-electron chi connectivity index (χ0n) is 9.36. The van der Waals surface area contributed by atoms with Crippen molar-refractivity contribution in [3.8, 4) is 5.75 Å². The Hall–Kier alpha value is -2.04. The number of aliphatic imine (C=N–C) groups is 1. The quantitative estimate of drug-likeness (QED) is 0.569. The van der Waals surface area contributed by atoms with Gasteiger partial charge in [0.25, 0.3) is 5.91 Å². The molecule has 0 heterocycles. The maximum Gasteiger partial charge on any atom is 0.253 e. The Labute approximate surface area is 94.1 Å². The van der Waals surface area contributed by atoms with Crippen LogP contribution in [0.25, 0.3) is 0 Å². The number of carbonyl (C=O) groups is 1. The Bertz CT molecular complexity index is 423. The van der Waals surface area contributed by atoms with Crippen LogP contribution in [-0.2, 0) is 11.2 Å². The molecule has 16 heavy (non-hydrogen) atoms. The fourth-order valence-electron chi connectivity index (χ4n) is 1.41. The summed E-state index contributed by atoms with van der Waals surface area (Å²) in [6.07, 6.45) is 0.183. The summed E-state index contributed by atoms with van der Waals surface area (Å²) in [6.45, 7) is 1.91. The molecule has 0 aliphatic rings. The second-order valence-electron chi connectivity index (χ2n) is 3.41. The average molecular weight is 221 g/mol. The van der Waals surface area contributed by atoms with Crippen molar-refractivity contribution in [2.45, 2.75) is 13.3 Å². The van der Waals surface area contributed by atoms with E-state index in [4.69, 9.17) is 16.2 Å². The number of methoxy groups -OCH3 is 1. The van der Waals surface area contributed by atoms with Crippen molar-refractivity contribution in [1.82, 2.24) is 0 Å². The molecule has 0 saturated carbocycles. The van der Waals surface area contributed by atoms with E-state index in [1.807, 2.05) is 25.1 Å². The number of carbonyl (C=O) groups excluding carboxylic acids is 1. The summed E-state index contributed by atoms with van der Waals surface area (Å²) in [6, 6.07) is 5.50. The normalized spacial score (nSPS) is 9.62. The van der Waals surface area contributed by atoms with Crippen LogP contribution >= 0.6 is 0 Å². The van der Waals surface area contributed by atoms with E-state index >= 15 is 0 Å². The summed E-state index contributed by atoms with van der Waals surface area (Å²) in [5.41, 5.74) is 12.0. The zero-order valence-corrected chi connectivity index (χ0v) is 9.36. The molecular formula is C11H15N3O2. The molecule has 0 aromatic heterocycles. The van der Waals surface area contributed by atoms with Gasteiger partial charge in [0.2, 0.25) is 0 Å². The molecule has 0 atom stereocenters. The first kappa shape index (κ1) is 12.0. The molecule has 0 aliphatic carbocycles. The molecule has 4 N–H and O–H groups in total. The zero-order chi connectivity index (χ0) is 12.1. The molecule has 86 valence electrons. The monoisotopic (exact) mass is 221 g/mol. The van der Waals surface area contributed by atoms with Gasteiger partial charge in [0.15, 0.2) is 5.96 Å². The van der Waals surface area contributed by atoms with Crippen molar-refractivity contribution < 1.29 is 9.53 Å². The largest absolute Gasteiger partial charge is 0.496 e. The predicted octanol–water partition coefficient (Wildman–Crippen LogP) is 0.346. The van der Waals surface area contributed by atoms with Crippen LogP contribution in [0.3, 0.4) is 0 Å². The molecule has 5 nitrogen and oxygen atoms in total. The average Bonchev–Trinajstić information content (AvgIpc) is 2.16. The minimum Gasteiger partial charge on any atom is -0.496 e. The van der Waals surface area contributed by atoms with Crippen molar-refractivity contribution in [2.24, 2.45) is 16.5 Å². The highest BCUT2D eigenvalue weighted by Gasteiger charge is 2.05. The molecule has 5 heteroatoms. The van der Waals surface area contributed by atoms with Crippen molar-refractivity contribution >= 4 is 11.9 Å². The number of benzene rings is 1. The van der Waals surface area contributed by atoms with E-state index in [1.165, 1.54) is 0 Å². The molecule has 1 amide bonds. The number of hydrogen-bond donors (Lipinski definition) is 2. The molecule has 0 unspecified atom stereocenters. The first-order chi connectivity index (χ1) is 7.52. The highest BCUT2D eigenvalue weighted by Crippen LogP contribution is 2.18. The summed E-state index contributed by atoms with van der Waals surface area (Å²) < 4.78 is 5.12. The summed E-state index contributed by atoms with van der Waals surface area (Å²) in [5.74, 6) is 0.220. The van der Waals surface area contributed by atoms with E-state index in [0.717, 1.165) is 16.9 Å². The van der Waals surface area contributed by atoms with Crippen LogP contribution in [0.5, 0.6) is 5.75 Å². The van der Waals surface area contributed by atoms with E-state index in [1.54, 1.807) is 7.11 Å². The first-order valence-electron chi connectivity index (χ1n) is 4.79. The van der Waals surface area contributed by atoms with Crippen LogP contribution in [0.4, 0.5) is 0 Å². The van der Waals surface area contributed by atoms with E-state index in [2.05, 4.69) is 4.99 Å². The maximum atomic E-state index is 11.3. The van der Waals surface area contributed by atoms with Crippen LogP contribution in [0.15, 0.2) is 23.2 Å². The lowest BCUT2D eigenvalue weighted by Gasteiger charge is -2.05. The van der Waals surface area contributed by atoms with E-state index in [0.29, 0.717) is 0 Å². The summed E-state index contributed by atoms with van der Waals surface area (Å²) in [4.78, 5) is 14.8. The Kier molecular flexibility index (Phi) is 3.88. The molecule has 0 saturated heterocycles. The number of hydrogen-bond acceptors (Lipinski definition) is 2. The Morgan fingerprint density at radius 1 is 1.44 bits per heavy atom. The van der Waals surface area contributed by atoms with Crippen LogP contribution in [0, 0.1) is 6.92 Å². The van der Waals surface area contributed by atoms with Gasteiger partial charge in [-0.15, -0.1) is 0 Å². The molecular weight excluding hydrogens is 206 g/mol. The Morgan fingerprint density at radius 2 is 2.12 bits per heavy atom. The van der Waals surface area contributed by atoms with Crippen LogP contribution < -0.4 is 16.2 Å². The Morgan fingerprint density at radius 3 is 2.62 bits per heavy atom. The standard InChI is InChI=1S/C11H15N3O2/c1-7-5-8(3-4-9(7)16-2)6-10(15)14-11(12)13/h3-5H,6H2,1-2H3,(H4,12,13,14,15). The minimum absolute atomic E-state index is 0.183. The third-order valence-corrected chi connectivity index (χ3v) is 2.07. The summed E-state index contributed by atoms with van der Waals surface area (Å²) in [7, 11) is 1.60. The number of aryl methyl sites for hydroxylation is 1. The third kappa shape index (κ3) is 3.27. The maximum absolute atomic E-state index is 11.3. The molecule has 1 aromatic carbocycles. The lowest BCUT2D eigenvalue weighted by atomic mass is 10.1. The van der Waals surface area contributed by atoms with Gasteiger partial charge in [0.05, 0.1) is 13.5 Å². The molecule has 0 radical (unpaired) electrons. The van der Waals surface area contributed by atoms with Gasteiger partial charge in [-0.2, -0.15) is 4.99 Å². The number of nitrogens with zero attached hydrogens (tertiary/aromatic N) is 1. The second kappa shape index (κ2) is 5.16. The van der Waals surface area contributed by atoms with Gasteiger partial charge in [-0.3, -0.25) is 4.79 Å². The first-order valence-corrected chi connectivity index (χ1v) is 4.79. The van der Waals surface area contributed by atoms with Crippen molar-refractivity contribution in [2.75, 3.05) is 7.11 Å². The van der Waals surface area contributed by atoms with Gasteiger partial charge in [-0.25, -0.2) is 0 Å². The number of amides is 1. The van der Waals surface area contributed by atoms with Crippen LogP contribution in [0.1, 0.15) is 11.1 Å². The van der Waals surface area contributed by atoms with Gasteiger partial charge in [-0.05, 0) is 24.1 Å². The topological polar surface area (TPSA) is 90.7 Å². The number of nitrogens with two attached hydrogens (primary N) is 2. The number of guanidine groups is 1. The van der Waals surface area contributed by atoms with Crippen LogP contribution in [0.2, 0.25) is 0 Å². The van der Waals surface area contributed by atoms with Gasteiger partial charge >= 0.3 is 0 Å². The van der Waals surface area contributed by atoms with Crippen LogP contribution in [-0.4, -0.2) is 19.0 Å². The van der Waals surface area contributed by atoms with Gasteiger partial charge < -0.3 is 16.2 Å². The number of ether oxygens (including phenoxy) is 1. The molecule has 0 spiro atoms. The van der Waals surface area contributed by atoms with E-state index < -0.39 is 0 Å². The Balaban J connectivity index is 2.79. The SMILES string of the molecule is COc1ccc(CC(=O)N=C(N)N)cc1C. The second-order valence-corrected chi connectivity index (χ2v) is 3.41. The van der Waals surface area contributed by atoms with Crippen molar-refractivity contribution in [1.29, 1.82) is 0 Å². The van der Waals surface area contributed by atoms with Crippen molar-refractivity contribution in [3.05, 3.63) is 29.3 Å². The van der Waals surface area contributed by atoms with Gasteiger partial charge in [0.1, 0.15) is 5.75 Å². The lowest BCUT2D eigenvalue weighted by Crippen LogP contribution is -2.24. The molecule has 0 aliphatic heterocycles. The molecule has 0 fully saturated rings. The smallest absolute Gasteiger partial charge is 0.253 e. The molecule has 0 bridgehead atoms. The van der Waals surface area contributed by atoms with Gasteiger partial charge in [0, 0.05) is 0 Å². The highest BCUT2D eigenvalue weighted by atomic mass is 16.5. The van der Waals surface area contributed by atoms with Gasteiger partial charge in [-0.1, -0.05) is 12.1 Å². The van der Waals surface area contributed by atoms with E-state index in [-0.39, 0.29) is 18.3 Å². The fourth-order valence-corrected chi connectivity index (χ4v) is 1.41. The fraction of sp³-hybridized carbons (Fsp3) is 0.273. The predicted molar refractivity (Wildman–Crippen MR) is 62.3 cm³/mol. The summed E-state index contributed by atoms with van der Waals surface area (Å²) >= 11 is 0. The van der Waals surface area contributed by atoms with E-state index in [9.17, 15) is 4.79 Å². The molecule has 1 rings (SSSR count). The number of rotatable bonds is 3. The lowest BCUT2D eigenvalue weighted by molar-refractivity contribution is -0.117. The summed E-state index contributed by atoms with van der Waals surface area (Å²) in [5, 5.41) is 0. The highest BCUT2D eigenvalue weighted by molar-refractivity contribution is 5.92. The minimum atomic E-state index is -0.357. The third-order valence-electron chi connectivity index (χ3n) is 2.07. The van der Waals surface area contributed by atoms with Crippen molar-refractivity contribution in [3.63, 3.8) is 0 Å². The molecule has 1 aromatic rings.